The van der Waals surface area contributed by atoms with Gasteiger partial charge < -0.3 is 15.4 Å². The van der Waals surface area contributed by atoms with Crippen LogP contribution in [0, 0.1) is 0 Å². The first-order valence-corrected chi connectivity index (χ1v) is 5.89. The summed E-state index contributed by atoms with van der Waals surface area (Å²) in [6.45, 7) is 5.78. The highest BCUT2D eigenvalue weighted by molar-refractivity contribution is 6.30. The van der Waals surface area contributed by atoms with E-state index in [1.165, 1.54) is 0 Å². The zero-order chi connectivity index (χ0) is 11.8. The minimum atomic E-state index is 0.740. The van der Waals surface area contributed by atoms with Gasteiger partial charge in [-0.25, -0.2) is 0 Å². The van der Waals surface area contributed by atoms with E-state index in [4.69, 9.17) is 16.3 Å². The summed E-state index contributed by atoms with van der Waals surface area (Å²) in [6.07, 6.45) is 0. The predicted octanol–water partition coefficient (Wildman–Crippen LogP) is 2.05. The molecular weight excluding hydrogens is 224 g/mol. The van der Waals surface area contributed by atoms with Crippen LogP contribution < -0.4 is 15.4 Å². The van der Waals surface area contributed by atoms with Gasteiger partial charge in [0.15, 0.2) is 0 Å². The van der Waals surface area contributed by atoms with Crippen LogP contribution in [0.3, 0.4) is 0 Å². The first-order valence-electron chi connectivity index (χ1n) is 5.51. The van der Waals surface area contributed by atoms with Gasteiger partial charge in [-0.15, -0.1) is 0 Å². The molecule has 0 heterocycles. The SMILES string of the molecule is CCNCCNCc1cc(Cl)ccc1OC. The van der Waals surface area contributed by atoms with Gasteiger partial charge in [0.05, 0.1) is 7.11 Å². The molecule has 3 nitrogen and oxygen atoms in total. The van der Waals surface area contributed by atoms with Crippen LogP contribution >= 0.6 is 11.6 Å². The Labute approximate surface area is 102 Å². The Balaban J connectivity index is 2.42. The monoisotopic (exact) mass is 242 g/mol. The molecule has 0 unspecified atom stereocenters. The third-order valence-electron chi connectivity index (χ3n) is 2.29. The van der Waals surface area contributed by atoms with Crippen molar-refractivity contribution >= 4 is 11.6 Å². The van der Waals surface area contributed by atoms with Crippen LogP contribution in [-0.4, -0.2) is 26.7 Å². The minimum absolute atomic E-state index is 0.740. The molecular formula is C12H19ClN2O. The Morgan fingerprint density at radius 3 is 2.69 bits per heavy atom. The summed E-state index contributed by atoms with van der Waals surface area (Å²) in [6, 6.07) is 5.66. The zero-order valence-corrected chi connectivity index (χ0v) is 10.6. The molecule has 0 bridgehead atoms. The van der Waals surface area contributed by atoms with Crippen molar-refractivity contribution in [3.8, 4) is 5.75 Å². The number of likely N-dealkylation sites (N-methyl/N-ethyl adjacent to an activating group) is 1. The molecule has 0 saturated heterocycles. The number of benzene rings is 1. The van der Waals surface area contributed by atoms with Crippen LogP contribution in [0.4, 0.5) is 0 Å². The van der Waals surface area contributed by atoms with E-state index in [0.717, 1.165) is 42.5 Å². The van der Waals surface area contributed by atoms with Gasteiger partial charge in [0.25, 0.3) is 0 Å². The van der Waals surface area contributed by atoms with E-state index in [9.17, 15) is 0 Å². The molecule has 4 heteroatoms. The van der Waals surface area contributed by atoms with Crippen LogP contribution in [0.15, 0.2) is 18.2 Å². The molecule has 1 aromatic carbocycles. The Bertz CT molecular complexity index is 318. The van der Waals surface area contributed by atoms with Gasteiger partial charge in [0.1, 0.15) is 5.75 Å². The number of halogens is 1. The van der Waals surface area contributed by atoms with Gasteiger partial charge in [-0.05, 0) is 24.7 Å². The molecule has 0 aromatic heterocycles. The van der Waals surface area contributed by atoms with Crippen molar-refractivity contribution in [1.29, 1.82) is 0 Å². The zero-order valence-electron chi connectivity index (χ0n) is 9.85. The Kier molecular flexibility index (Phi) is 6.23. The number of hydrogen-bond donors (Lipinski definition) is 2. The van der Waals surface area contributed by atoms with Crippen molar-refractivity contribution in [1.82, 2.24) is 10.6 Å². The van der Waals surface area contributed by atoms with Crippen LogP contribution in [0.2, 0.25) is 5.02 Å². The molecule has 16 heavy (non-hydrogen) atoms. The second-order valence-electron chi connectivity index (χ2n) is 3.49. The van der Waals surface area contributed by atoms with Crippen molar-refractivity contribution in [2.45, 2.75) is 13.5 Å². The topological polar surface area (TPSA) is 33.3 Å². The summed E-state index contributed by atoms with van der Waals surface area (Å²) in [7, 11) is 1.67. The van der Waals surface area contributed by atoms with E-state index in [1.807, 2.05) is 18.2 Å². The number of methoxy groups -OCH3 is 1. The second-order valence-corrected chi connectivity index (χ2v) is 3.92. The van der Waals surface area contributed by atoms with Gasteiger partial charge in [-0.3, -0.25) is 0 Å². The van der Waals surface area contributed by atoms with Gasteiger partial charge in [-0.2, -0.15) is 0 Å². The summed E-state index contributed by atoms with van der Waals surface area (Å²) >= 11 is 5.94. The Morgan fingerprint density at radius 2 is 2.00 bits per heavy atom. The molecule has 0 radical (unpaired) electrons. The van der Waals surface area contributed by atoms with Crippen LogP contribution in [0.25, 0.3) is 0 Å². The molecule has 0 atom stereocenters. The molecule has 0 aliphatic carbocycles. The smallest absolute Gasteiger partial charge is 0.123 e. The lowest BCUT2D eigenvalue weighted by atomic mass is 10.2. The quantitative estimate of drug-likeness (QED) is 0.718. The van der Waals surface area contributed by atoms with E-state index in [-0.39, 0.29) is 0 Å². The van der Waals surface area contributed by atoms with E-state index in [1.54, 1.807) is 7.11 Å². The Morgan fingerprint density at radius 1 is 1.25 bits per heavy atom. The Hall–Kier alpha value is -0.770. The van der Waals surface area contributed by atoms with Crippen LogP contribution in [0.1, 0.15) is 12.5 Å². The molecule has 0 fully saturated rings. The lowest BCUT2D eigenvalue weighted by Crippen LogP contribution is -2.26. The molecule has 0 amide bonds. The minimum Gasteiger partial charge on any atom is -0.496 e. The molecule has 0 saturated carbocycles. The molecule has 0 spiro atoms. The fourth-order valence-corrected chi connectivity index (χ4v) is 1.66. The van der Waals surface area contributed by atoms with Gasteiger partial charge >= 0.3 is 0 Å². The molecule has 1 rings (SSSR count). The summed E-state index contributed by atoms with van der Waals surface area (Å²) in [5.74, 6) is 0.875. The summed E-state index contributed by atoms with van der Waals surface area (Å²) in [4.78, 5) is 0. The highest BCUT2D eigenvalue weighted by Crippen LogP contribution is 2.22. The number of hydrogen-bond acceptors (Lipinski definition) is 3. The normalized spacial score (nSPS) is 10.4. The van der Waals surface area contributed by atoms with E-state index in [0.29, 0.717) is 0 Å². The van der Waals surface area contributed by atoms with Gasteiger partial charge in [0, 0.05) is 30.2 Å². The first-order chi connectivity index (χ1) is 7.77. The van der Waals surface area contributed by atoms with E-state index < -0.39 is 0 Å². The van der Waals surface area contributed by atoms with Gasteiger partial charge in [0.2, 0.25) is 0 Å². The number of nitrogens with one attached hydrogen (secondary N) is 2. The fraction of sp³-hybridized carbons (Fsp3) is 0.500. The lowest BCUT2D eigenvalue weighted by Gasteiger charge is -2.10. The highest BCUT2D eigenvalue weighted by atomic mass is 35.5. The van der Waals surface area contributed by atoms with Crippen molar-refractivity contribution < 1.29 is 4.74 Å². The predicted molar refractivity (Wildman–Crippen MR) is 68.3 cm³/mol. The molecule has 0 aliphatic heterocycles. The summed E-state index contributed by atoms with van der Waals surface area (Å²) in [5, 5.41) is 7.33. The summed E-state index contributed by atoms with van der Waals surface area (Å²) in [5.41, 5.74) is 1.09. The van der Waals surface area contributed by atoms with E-state index >= 15 is 0 Å². The number of rotatable bonds is 7. The first kappa shape index (κ1) is 13.3. The molecule has 2 N–H and O–H groups in total. The van der Waals surface area contributed by atoms with Crippen LogP contribution in [-0.2, 0) is 6.54 Å². The molecule has 0 aliphatic rings. The van der Waals surface area contributed by atoms with E-state index in [2.05, 4.69) is 17.6 Å². The second kappa shape index (κ2) is 7.49. The maximum atomic E-state index is 5.94. The fourth-order valence-electron chi connectivity index (χ4n) is 1.46. The molecule has 90 valence electrons. The lowest BCUT2D eigenvalue weighted by molar-refractivity contribution is 0.407. The third kappa shape index (κ3) is 4.39. The average molecular weight is 243 g/mol. The standard InChI is InChI=1S/C12H19ClN2O/c1-3-14-6-7-15-9-10-8-11(13)4-5-12(10)16-2/h4-5,8,14-15H,3,6-7,9H2,1-2H3. The maximum absolute atomic E-state index is 5.94. The van der Waals surface area contributed by atoms with Crippen molar-refractivity contribution in [3.63, 3.8) is 0 Å². The van der Waals surface area contributed by atoms with Gasteiger partial charge in [-0.1, -0.05) is 18.5 Å². The molecule has 1 aromatic rings. The maximum Gasteiger partial charge on any atom is 0.123 e. The third-order valence-corrected chi connectivity index (χ3v) is 2.52. The van der Waals surface area contributed by atoms with Crippen LogP contribution in [0.5, 0.6) is 5.75 Å². The van der Waals surface area contributed by atoms with Crippen molar-refractivity contribution in [2.24, 2.45) is 0 Å². The van der Waals surface area contributed by atoms with Crippen molar-refractivity contribution in [3.05, 3.63) is 28.8 Å². The largest absolute Gasteiger partial charge is 0.496 e. The van der Waals surface area contributed by atoms with Crippen molar-refractivity contribution in [2.75, 3.05) is 26.7 Å². The number of ether oxygens (including phenoxy) is 1. The average Bonchev–Trinajstić information content (AvgIpc) is 2.29. The highest BCUT2D eigenvalue weighted by Gasteiger charge is 2.02. The summed E-state index contributed by atoms with van der Waals surface area (Å²) < 4.78 is 5.26.